The molecule has 0 atom stereocenters. The number of rotatable bonds is 5. The van der Waals surface area contributed by atoms with Crippen molar-refractivity contribution in [3.63, 3.8) is 0 Å². The Morgan fingerprint density at radius 1 is 1.27 bits per heavy atom. The van der Waals surface area contributed by atoms with Crippen LogP contribution in [-0.4, -0.2) is 22.2 Å². The highest BCUT2D eigenvalue weighted by Gasteiger charge is 1.94. The monoisotopic (exact) mass is 246 g/mol. The van der Waals surface area contributed by atoms with E-state index in [4.69, 9.17) is 11.5 Å². The Hall–Kier alpha value is -1.28. The topological polar surface area (TPSA) is 101 Å². The minimum atomic E-state index is 0.101. The minimum Gasteiger partial charge on any atom is -0.375 e. The lowest BCUT2D eigenvalue weighted by molar-refractivity contribution is 0.958. The van der Waals surface area contributed by atoms with Crippen LogP contribution in [0.25, 0.3) is 0 Å². The largest absolute Gasteiger partial charge is 0.375 e. The number of nitrogens with one attached hydrogen (secondary N) is 2. The molecule has 0 unspecified atom stereocenters. The summed E-state index contributed by atoms with van der Waals surface area (Å²) in [6.07, 6.45) is 3.18. The van der Waals surface area contributed by atoms with Crippen LogP contribution in [0.4, 0.5) is 0 Å². The van der Waals surface area contributed by atoms with Gasteiger partial charge in [0.05, 0.1) is 11.9 Å². The van der Waals surface area contributed by atoms with Crippen LogP contribution in [0.1, 0.15) is 19.8 Å². The molecule has 8 heteroatoms. The molecule has 0 spiro atoms. The summed E-state index contributed by atoms with van der Waals surface area (Å²) in [5.41, 5.74) is 16.0. The average Bonchev–Trinajstić information content (AvgIpc) is 2.13. The first kappa shape index (κ1) is 13.7. The van der Waals surface area contributed by atoms with Crippen LogP contribution >= 0.6 is 24.4 Å². The Labute approximate surface area is 99.2 Å². The number of nitrogens with zero attached hydrogens (tertiary/aromatic N) is 2. The van der Waals surface area contributed by atoms with E-state index < -0.39 is 0 Å². The number of nitrogens with two attached hydrogens (primary N) is 2. The van der Waals surface area contributed by atoms with Crippen molar-refractivity contribution in [2.75, 3.05) is 0 Å². The third kappa shape index (κ3) is 9.03. The van der Waals surface area contributed by atoms with Crippen molar-refractivity contribution in [3.8, 4) is 0 Å². The van der Waals surface area contributed by atoms with Gasteiger partial charge in [0.1, 0.15) is 0 Å². The zero-order valence-corrected chi connectivity index (χ0v) is 9.99. The van der Waals surface area contributed by atoms with Gasteiger partial charge in [-0.15, -0.1) is 0 Å². The van der Waals surface area contributed by atoms with Crippen LogP contribution in [-0.2, 0) is 0 Å². The molecule has 0 aromatic heterocycles. The summed E-state index contributed by atoms with van der Waals surface area (Å²) in [7, 11) is 0. The van der Waals surface area contributed by atoms with Crippen LogP contribution in [0.5, 0.6) is 0 Å². The van der Waals surface area contributed by atoms with Gasteiger partial charge in [0.15, 0.2) is 10.2 Å². The molecule has 0 aliphatic rings. The van der Waals surface area contributed by atoms with Gasteiger partial charge in [-0.2, -0.15) is 10.2 Å². The van der Waals surface area contributed by atoms with E-state index in [1.807, 2.05) is 6.92 Å². The maximum Gasteiger partial charge on any atom is 0.184 e. The van der Waals surface area contributed by atoms with E-state index in [0.29, 0.717) is 5.71 Å². The molecular weight excluding hydrogens is 232 g/mol. The molecule has 0 fully saturated rings. The van der Waals surface area contributed by atoms with Crippen LogP contribution in [0.2, 0.25) is 0 Å². The third-order valence-electron chi connectivity index (χ3n) is 1.20. The normalized spacial score (nSPS) is 11.4. The van der Waals surface area contributed by atoms with E-state index in [-0.39, 0.29) is 10.2 Å². The maximum absolute atomic E-state index is 5.23. The van der Waals surface area contributed by atoms with Gasteiger partial charge < -0.3 is 11.5 Å². The van der Waals surface area contributed by atoms with Crippen LogP contribution < -0.4 is 22.3 Å². The molecule has 6 nitrogen and oxygen atoms in total. The fourth-order valence-electron chi connectivity index (χ4n) is 0.703. The second kappa shape index (κ2) is 8.06. The highest BCUT2D eigenvalue weighted by atomic mass is 32.1. The number of hydrogen-bond acceptors (Lipinski definition) is 4. The van der Waals surface area contributed by atoms with Gasteiger partial charge in [0.2, 0.25) is 0 Å². The standard InChI is InChI=1S/C7H14N6S2/c1-2-3-5(11-13-7(9)15)4-10-12-6(8)14/h4H,2-3H2,1H3,(H3,8,12,14)(H3,9,13,15)/b10-4+,11-5+. The van der Waals surface area contributed by atoms with Gasteiger partial charge in [0.25, 0.3) is 0 Å². The average molecular weight is 246 g/mol. The predicted octanol–water partition coefficient (Wildman–Crippen LogP) is -0.205. The van der Waals surface area contributed by atoms with Crippen molar-refractivity contribution in [1.82, 2.24) is 10.9 Å². The summed E-state index contributed by atoms with van der Waals surface area (Å²) < 4.78 is 0. The molecule has 0 rings (SSSR count). The molecule has 0 aromatic carbocycles. The second-order valence-corrected chi connectivity index (χ2v) is 3.44. The van der Waals surface area contributed by atoms with Gasteiger partial charge in [-0.3, -0.25) is 10.9 Å². The van der Waals surface area contributed by atoms with Crippen molar-refractivity contribution in [3.05, 3.63) is 0 Å². The van der Waals surface area contributed by atoms with E-state index in [0.717, 1.165) is 12.8 Å². The second-order valence-electron chi connectivity index (χ2n) is 2.56. The van der Waals surface area contributed by atoms with E-state index in [1.54, 1.807) is 0 Å². The van der Waals surface area contributed by atoms with E-state index in [1.165, 1.54) is 6.21 Å². The quantitative estimate of drug-likeness (QED) is 0.304. The van der Waals surface area contributed by atoms with Gasteiger partial charge in [-0.05, 0) is 30.9 Å². The van der Waals surface area contributed by atoms with Crippen molar-refractivity contribution in [2.24, 2.45) is 21.7 Å². The molecule has 0 saturated heterocycles. The first-order valence-electron chi connectivity index (χ1n) is 4.26. The summed E-state index contributed by atoms with van der Waals surface area (Å²) in [4.78, 5) is 0. The van der Waals surface area contributed by atoms with Gasteiger partial charge >= 0.3 is 0 Å². The smallest absolute Gasteiger partial charge is 0.184 e. The lowest BCUT2D eigenvalue weighted by atomic mass is 10.2. The molecule has 0 heterocycles. The first-order valence-corrected chi connectivity index (χ1v) is 5.08. The van der Waals surface area contributed by atoms with E-state index in [2.05, 4.69) is 45.5 Å². The molecule has 0 aromatic rings. The fourth-order valence-corrected chi connectivity index (χ4v) is 0.801. The van der Waals surface area contributed by atoms with Crippen LogP contribution in [0.3, 0.4) is 0 Å². The molecule has 0 aliphatic heterocycles. The molecule has 0 saturated carbocycles. The predicted molar refractivity (Wildman–Crippen MR) is 70.7 cm³/mol. The Bertz CT molecular complexity index is 285. The van der Waals surface area contributed by atoms with Crippen molar-refractivity contribution in [1.29, 1.82) is 0 Å². The van der Waals surface area contributed by atoms with Crippen molar-refractivity contribution in [2.45, 2.75) is 19.8 Å². The van der Waals surface area contributed by atoms with Crippen LogP contribution in [0, 0.1) is 0 Å². The lowest BCUT2D eigenvalue weighted by Gasteiger charge is -2.00. The molecular formula is C7H14N6S2. The molecule has 0 amide bonds. The Kier molecular flexibility index (Phi) is 7.38. The Balaban J connectivity index is 4.25. The number of thiocarbonyl (C=S) groups is 2. The lowest BCUT2D eigenvalue weighted by Crippen LogP contribution is -2.27. The molecule has 15 heavy (non-hydrogen) atoms. The minimum absolute atomic E-state index is 0.101. The summed E-state index contributed by atoms with van der Waals surface area (Å²) in [6.45, 7) is 2.02. The molecule has 0 bridgehead atoms. The van der Waals surface area contributed by atoms with Gasteiger partial charge in [0, 0.05) is 0 Å². The van der Waals surface area contributed by atoms with E-state index >= 15 is 0 Å². The summed E-state index contributed by atoms with van der Waals surface area (Å²) in [5.74, 6) is 0. The fraction of sp³-hybridized carbons (Fsp3) is 0.429. The first-order chi connectivity index (χ1) is 7.06. The zero-order chi connectivity index (χ0) is 11.7. The molecule has 0 aliphatic carbocycles. The SMILES string of the molecule is CCCC(/C=N/NC(N)=S)=N\NC(N)=S. The van der Waals surface area contributed by atoms with Crippen molar-refractivity contribution >= 4 is 46.6 Å². The van der Waals surface area contributed by atoms with Crippen molar-refractivity contribution < 1.29 is 0 Å². The summed E-state index contributed by atoms with van der Waals surface area (Å²) >= 11 is 9.19. The Morgan fingerprint density at radius 2 is 1.87 bits per heavy atom. The number of hydrogen-bond donors (Lipinski definition) is 4. The molecule has 84 valence electrons. The molecule has 6 N–H and O–H groups in total. The highest BCUT2D eigenvalue weighted by Crippen LogP contribution is 1.88. The Morgan fingerprint density at radius 3 is 2.33 bits per heavy atom. The highest BCUT2D eigenvalue weighted by molar-refractivity contribution is 7.80. The maximum atomic E-state index is 5.23. The van der Waals surface area contributed by atoms with E-state index in [9.17, 15) is 0 Å². The van der Waals surface area contributed by atoms with Gasteiger partial charge in [-0.25, -0.2) is 0 Å². The summed E-state index contributed by atoms with van der Waals surface area (Å²) in [6, 6.07) is 0. The third-order valence-corrected chi connectivity index (χ3v) is 1.39. The summed E-state index contributed by atoms with van der Waals surface area (Å²) in [5, 5.41) is 7.92. The van der Waals surface area contributed by atoms with Gasteiger partial charge in [-0.1, -0.05) is 13.3 Å². The zero-order valence-electron chi connectivity index (χ0n) is 8.36. The molecule has 0 radical (unpaired) electrons. The number of hydrazone groups is 2. The van der Waals surface area contributed by atoms with Crippen LogP contribution in [0.15, 0.2) is 10.2 Å².